The van der Waals surface area contributed by atoms with Crippen molar-refractivity contribution in [2.45, 2.75) is 51.9 Å². The van der Waals surface area contributed by atoms with Crippen LogP contribution in [0.15, 0.2) is 85.5 Å². The Bertz CT molecular complexity index is 1120. The van der Waals surface area contributed by atoms with Gasteiger partial charge in [-0.3, -0.25) is 0 Å². The van der Waals surface area contributed by atoms with E-state index in [1.807, 2.05) is 12.1 Å². The van der Waals surface area contributed by atoms with E-state index in [2.05, 4.69) is 37.8 Å². The van der Waals surface area contributed by atoms with E-state index in [4.69, 9.17) is 14.2 Å². The van der Waals surface area contributed by atoms with Crippen LogP contribution in [0, 0.1) is 0 Å². The Hall–Kier alpha value is -3.86. The van der Waals surface area contributed by atoms with E-state index in [1.165, 1.54) is 24.8 Å². The average molecular weight is 501 g/mol. The average Bonchev–Trinajstić information content (AvgIpc) is 2.94. The molecular formula is C32H36O5. The topological polar surface area (TPSA) is 61.8 Å². The minimum atomic E-state index is -0.399. The van der Waals surface area contributed by atoms with E-state index in [0.29, 0.717) is 30.3 Å². The lowest BCUT2D eigenvalue weighted by Gasteiger charge is -2.09. The summed E-state index contributed by atoms with van der Waals surface area (Å²) in [5.41, 5.74) is 4.05. The van der Waals surface area contributed by atoms with Gasteiger partial charge in [0.15, 0.2) is 0 Å². The first-order chi connectivity index (χ1) is 18.1. The van der Waals surface area contributed by atoms with Crippen molar-refractivity contribution in [3.63, 3.8) is 0 Å². The molecule has 194 valence electrons. The number of aryl methyl sites for hydroxylation is 1. The van der Waals surface area contributed by atoms with Gasteiger partial charge in [-0.25, -0.2) is 9.59 Å². The molecule has 0 radical (unpaired) electrons. The summed E-state index contributed by atoms with van der Waals surface area (Å²) >= 11 is 0. The summed E-state index contributed by atoms with van der Waals surface area (Å²) in [7, 11) is 0. The third kappa shape index (κ3) is 9.60. The van der Waals surface area contributed by atoms with Crippen molar-refractivity contribution < 1.29 is 23.8 Å². The van der Waals surface area contributed by atoms with E-state index in [0.717, 1.165) is 42.9 Å². The molecule has 0 unspecified atom stereocenters. The molecule has 0 saturated heterocycles. The number of esters is 2. The fourth-order valence-electron chi connectivity index (χ4n) is 3.81. The van der Waals surface area contributed by atoms with Gasteiger partial charge in [-0.15, -0.1) is 0 Å². The molecule has 37 heavy (non-hydrogen) atoms. The molecule has 0 spiro atoms. The highest BCUT2D eigenvalue weighted by Gasteiger charge is 2.09. The largest absolute Gasteiger partial charge is 0.494 e. The van der Waals surface area contributed by atoms with Crippen molar-refractivity contribution in [2.24, 2.45) is 0 Å². The minimum Gasteiger partial charge on any atom is -0.494 e. The summed E-state index contributed by atoms with van der Waals surface area (Å²) in [4.78, 5) is 23.6. The molecule has 0 heterocycles. The standard InChI is InChI=1S/C32H36O5/c1-3-5-7-10-25-11-13-26(14-12-25)27-15-17-28(18-16-27)32(34)37-30-21-19-29(20-22-30)35-23-8-6-9-24-36-31(33)4-2/h4,11-22H,2-3,5-10,23-24H2,1H3. The van der Waals surface area contributed by atoms with Gasteiger partial charge in [-0.2, -0.15) is 0 Å². The van der Waals surface area contributed by atoms with E-state index in [9.17, 15) is 9.59 Å². The van der Waals surface area contributed by atoms with E-state index >= 15 is 0 Å². The van der Waals surface area contributed by atoms with Crippen LogP contribution in [0.4, 0.5) is 0 Å². The molecule has 5 nitrogen and oxygen atoms in total. The van der Waals surface area contributed by atoms with Gasteiger partial charge in [0, 0.05) is 6.08 Å². The molecule has 3 rings (SSSR count). The lowest BCUT2D eigenvalue weighted by molar-refractivity contribution is -0.137. The van der Waals surface area contributed by atoms with E-state index < -0.39 is 11.9 Å². The second-order valence-corrected chi connectivity index (χ2v) is 8.87. The van der Waals surface area contributed by atoms with Crippen LogP contribution in [0.2, 0.25) is 0 Å². The van der Waals surface area contributed by atoms with Crippen LogP contribution in [-0.4, -0.2) is 25.2 Å². The highest BCUT2D eigenvalue weighted by molar-refractivity contribution is 5.91. The van der Waals surface area contributed by atoms with Crippen molar-refractivity contribution in [3.8, 4) is 22.6 Å². The van der Waals surface area contributed by atoms with Crippen LogP contribution in [0.25, 0.3) is 11.1 Å². The number of hydrogen-bond acceptors (Lipinski definition) is 5. The van der Waals surface area contributed by atoms with Crippen molar-refractivity contribution >= 4 is 11.9 Å². The van der Waals surface area contributed by atoms with Crippen LogP contribution in [0.1, 0.15) is 61.4 Å². The van der Waals surface area contributed by atoms with Crippen molar-refractivity contribution in [1.82, 2.24) is 0 Å². The molecule has 3 aromatic carbocycles. The van der Waals surface area contributed by atoms with Gasteiger partial charge >= 0.3 is 11.9 Å². The molecule has 0 aromatic heterocycles. The highest BCUT2D eigenvalue weighted by atomic mass is 16.5. The number of hydrogen-bond donors (Lipinski definition) is 0. The number of carbonyl (C=O) groups is 2. The Balaban J connectivity index is 1.41. The molecule has 0 bridgehead atoms. The van der Waals surface area contributed by atoms with Crippen LogP contribution in [0.3, 0.4) is 0 Å². The van der Waals surface area contributed by atoms with E-state index in [1.54, 1.807) is 36.4 Å². The Labute approximate surface area is 220 Å². The molecule has 0 atom stereocenters. The predicted molar refractivity (Wildman–Crippen MR) is 147 cm³/mol. The zero-order valence-corrected chi connectivity index (χ0v) is 21.6. The first kappa shape index (κ1) is 27.7. The van der Waals surface area contributed by atoms with Crippen molar-refractivity contribution in [2.75, 3.05) is 13.2 Å². The highest BCUT2D eigenvalue weighted by Crippen LogP contribution is 2.23. The van der Waals surface area contributed by atoms with E-state index in [-0.39, 0.29) is 0 Å². The van der Waals surface area contributed by atoms with Gasteiger partial charge in [-0.1, -0.05) is 62.7 Å². The normalized spacial score (nSPS) is 10.5. The Morgan fingerprint density at radius 1 is 0.730 bits per heavy atom. The van der Waals surface area contributed by atoms with Crippen LogP contribution >= 0.6 is 0 Å². The third-order valence-electron chi connectivity index (χ3n) is 5.98. The molecule has 0 amide bonds. The number of carbonyl (C=O) groups excluding carboxylic acids is 2. The molecule has 0 aliphatic heterocycles. The van der Waals surface area contributed by atoms with Gasteiger partial charge in [0.2, 0.25) is 0 Å². The fraction of sp³-hybridized carbons (Fsp3) is 0.312. The van der Waals surface area contributed by atoms with Gasteiger partial charge < -0.3 is 14.2 Å². The Kier molecular flexibility index (Phi) is 11.5. The Morgan fingerprint density at radius 2 is 1.35 bits per heavy atom. The summed E-state index contributed by atoms with van der Waals surface area (Å²) < 4.78 is 16.2. The van der Waals surface area contributed by atoms with Crippen LogP contribution < -0.4 is 9.47 Å². The first-order valence-corrected chi connectivity index (χ1v) is 13.0. The van der Waals surface area contributed by atoms with Crippen LogP contribution in [-0.2, 0) is 16.0 Å². The fourth-order valence-corrected chi connectivity index (χ4v) is 3.81. The van der Waals surface area contributed by atoms with Gasteiger partial charge in [0.05, 0.1) is 18.8 Å². The second-order valence-electron chi connectivity index (χ2n) is 8.87. The first-order valence-electron chi connectivity index (χ1n) is 13.0. The van der Waals surface area contributed by atoms with Gasteiger partial charge in [-0.05, 0) is 85.2 Å². The molecule has 0 fully saturated rings. The SMILES string of the molecule is C=CC(=O)OCCCCCOc1ccc(OC(=O)c2ccc(-c3ccc(CCCCC)cc3)cc2)cc1. The molecular weight excluding hydrogens is 464 g/mol. The number of rotatable bonds is 15. The zero-order chi connectivity index (χ0) is 26.3. The summed E-state index contributed by atoms with van der Waals surface area (Å²) in [5.74, 6) is 0.374. The lowest BCUT2D eigenvalue weighted by Crippen LogP contribution is -2.08. The number of ether oxygens (including phenoxy) is 3. The summed E-state index contributed by atoms with van der Waals surface area (Å²) in [6.45, 7) is 6.53. The molecule has 3 aromatic rings. The summed E-state index contributed by atoms with van der Waals surface area (Å²) in [6.07, 6.45) is 8.51. The lowest BCUT2D eigenvalue weighted by atomic mass is 10.0. The zero-order valence-electron chi connectivity index (χ0n) is 21.6. The molecule has 0 N–H and O–H groups in total. The molecule has 0 aliphatic rings. The third-order valence-corrected chi connectivity index (χ3v) is 5.98. The molecule has 0 aliphatic carbocycles. The maximum Gasteiger partial charge on any atom is 0.343 e. The van der Waals surface area contributed by atoms with Crippen molar-refractivity contribution in [3.05, 3.63) is 96.6 Å². The number of unbranched alkanes of at least 4 members (excludes halogenated alkanes) is 4. The monoisotopic (exact) mass is 500 g/mol. The summed E-state index contributed by atoms with van der Waals surface area (Å²) in [6, 6.07) is 23.1. The minimum absolute atomic E-state index is 0.389. The predicted octanol–water partition coefficient (Wildman–Crippen LogP) is 7.58. The smallest absolute Gasteiger partial charge is 0.343 e. The second kappa shape index (κ2) is 15.3. The quantitative estimate of drug-likeness (QED) is 0.0931. The van der Waals surface area contributed by atoms with Crippen LogP contribution in [0.5, 0.6) is 11.5 Å². The summed E-state index contributed by atoms with van der Waals surface area (Å²) in [5, 5.41) is 0. The number of benzene rings is 3. The Morgan fingerprint density at radius 3 is 2.00 bits per heavy atom. The maximum absolute atomic E-state index is 12.6. The maximum atomic E-state index is 12.6. The van der Waals surface area contributed by atoms with Gasteiger partial charge in [0.1, 0.15) is 11.5 Å². The molecule has 5 heteroatoms. The molecule has 0 saturated carbocycles. The van der Waals surface area contributed by atoms with Crippen molar-refractivity contribution in [1.29, 1.82) is 0 Å². The van der Waals surface area contributed by atoms with Gasteiger partial charge in [0.25, 0.3) is 0 Å².